The first kappa shape index (κ1) is 28.2. The maximum absolute atomic E-state index is 12.4. The minimum Gasteiger partial charge on any atom is -0.382 e. The number of nitrogens with two attached hydrogens (primary N) is 2. The lowest BCUT2D eigenvalue weighted by molar-refractivity contribution is 0.0972. The molecule has 0 radical (unpaired) electrons. The van der Waals surface area contributed by atoms with Crippen molar-refractivity contribution >= 4 is 35.1 Å². The van der Waals surface area contributed by atoms with Crippen LogP contribution in [0.3, 0.4) is 0 Å². The van der Waals surface area contributed by atoms with Gasteiger partial charge in [0.05, 0.1) is 0 Å². The summed E-state index contributed by atoms with van der Waals surface area (Å²) in [7, 11) is 0. The van der Waals surface area contributed by atoms with Crippen LogP contribution >= 0.6 is 11.6 Å². The van der Waals surface area contributed by atoms with Crippen molar-refractivity contribution in [3.8, 4) is 0 Å². The van der Waals surface area contributed by atoms with Crippen LogP contribution in [0.15, 0.2) is 29.3 Å². The molecule has 8 nitrogen and oxygen atoms in total. The van der Waals surface area contributed by atoms with E-state index < -0.39 is 5.91 Å². The summed E-state index contributed by atoms with van der Waals surface area (Å²) in [5.74, 6) is -0.309. The lowest BCUT2D eigenvalue weighted by Crippen LogP contribution is -2.38. The number of aliphatic imine (C=N–C) groups is 1. The van der Waals surface area contributed by atoms with Gasteiger partial charge in [0.2, 0.25) is 0 Å². The van der Waals surface area contributed by atoms with Gasteiger partial charge in [0.1, 0.15) is 0 Å². The maximum Gasteiger partial charge on any atom is 0.280 e. The summed E-state index contributed by atoms with van der Waals surface area (Å²) in [6, 6.07) is 8.04. The van der Waals surface area contributed by atoms with Crippen molar-refractivity contribution < 1.29 is 4.79 Å². The van der Waals surface area contributed by atoms with Crippen molar-refractivity contribution in [1.29, 1.82) is 0 Å². The molecule has 0 saturated heterocycles. The van der Waals surface area contributed by atoms with E-state index in [0.717, 1.165) is 18.4 Å². The predicted octanol–water partition coefficient (Wildman–Crippen LogP) is 5.06. The molecule has 0 spiro atoms. The van der Waals surface area contributed by atoms with Gasteiger partial charge in [0.25, 0.3) is 5.91 Å². The second kappa shape index (κ2) is 15.9. The topological polar surface area (TPSA) is 131 Å². The summed E-state index contributed by atoms with van der Waals surface area (Å²) in [5, 5.41) is 5.62. The lowest BCUT2D eigenvalue weighted by Gasteiger charge is -2.11. The van der Waals surface area contributed by atoms with E-state index in [1.54, 1.807) is 0 Å². The molecule has 0 aliphatic carbocycles. The van der Waals surface area contributed by atoms with Gasteiger partial charge in [0, 0.05) is 13.1 Å². The third-order valence-electron chi connectivity index (χ3n) is 4.71. The molecule has 1 heterocycles. The van der Waals surface area contributed by atoms with Gasteiger partial charge < -0.3 is 16.8 Å². The highest BCUT2D eigenvalue weighted by Gasteiger charge is 2.17. The van der Waals surface area contributed by atoms with Crippen LogP contribution in [-0.2, 0) is 6.54 Å². The summed E-state index contributed by atoms with van der Waals surface area (Å²) in [4.78, 5) is 24.9. The average molecular weight is 476 g/mol. The molecule has 0 aliphatic rings. The average Bonchev–Trinajstić information content (AvgIpc) is 2.81. The number of guanidine groups is 1. The Labute approximate surface area is 202 Å². The molecular weight excluding hydrogens is 438 g/mol. The van der Waals surface area contributed by atoms with Crippen LogP contribution in [0.5, 0.6) is 0 Å². The Balaban J connectivity index is 0.00000265. The molecule has 2 aromatic rings. The Morgan fingerprint density at radius 3 is 2.36 bits per heavy atom. The standard InChI is InChI=1S/C22H32ClN7O.C2H6/c1-3-4-5-6-7-8-13-26-22(25)30-21(31)17-19(24)29-20(18(23)28-17)27-14-16-11-9-15(2)10-12-16;1-2/h9-12H,3-8,13-14H2,1-2H3,(H3,24,27,29)(H3,25,26,30,31);1-2H3. The monoisotopic (exact) mass is 475 g/mol. The molecule has 33 heavy (non-hydrogen) atoms. The molecule has 0 saturated carbocycles. The molecule has 9 heteroatoms. The molecular formula is C24H38ClN7O. The van der Waals surface area contributed by atoms with Gasteiger partial charge in [0.15, 0.2) is 28.4 Å². The summed E-state index contributed by atoms with van der Waals surface area (Å²) < 4.78 is 0. The molecule has 0 fully saturated rings. The fourth-order valence-electron chi connectivity index (χ4n) is 2.91. The van der Waals surface area contributed by atoms with Crippen LogP contribution in [0.25, 0.3) is 0 Å². The highest BCUT2D eigenvalue weighted by molar-refractivity contribution is 6.32. The Morgan fingerprint density at radius 1 is 1.06 bits per heavy atom. The molecule has 1 aromatic carbocycles. The second-order valence-corrected chi connectivity index (χ2v) is 7.78. The van der Waals surface area contributed by atoms with Crippen LogP contribution in [0.1, 0.15) is 80.9 Å². The molecule has 1 amide bonds. The number of rotatable bonds is 11. The highest BCUT2D eigenvalue weighted by atomic mass is 35.5. The number of nitrogen functional groups attached to an aromatic ring is 1. The first-order valence-corrected chi connectivity index (χ1v) is 12.0. The number of aryl methyl sites for hydroxylation is 1. The Bertz CT molecular complexity index is 885. The van der Waals surface area contributed by atoms with Crippen LogP contribution in [-0.4, -0.2) is 28.4 Å². The number of nitrogens with zero attached hydrogens (tertiary/aromatic N) is 3. The van der Waals surface area contributed by atoms with Crippen molar-refractivity contribution in [3.63, 3.8) is 0 Å². The number of aromatic nitrogens is 2. The van der Waals surface area contributed by atoms with Crippen molar-refractivity contribution in [3.05, 3.63) is 46.2 Å². The van der Waals surface area contributed by atoms with E-state index in [2.05, 4.69) is 32.5 Å². The fourth-order valence-corrected chi connectivity index (χ4v) is 3.10. The van der Waals surface area contributed by atoms with Crippen molar-refractivity contribution in [2.45, 2.75) is 72.8 Å². The van der Waals surface area contributed by atoms with E-state index in [-0.39, 0.29) is 22.6 Å². The maximum atomic E-state index is 12.4. The van der Waals surface area contributed by atoms with Gasteiger partial charge in [-0.15, -0.1) is 0 Å². The molecule has 1 aromatic heterocycles. The number of carbonyl (C=O) groups is 1. The smallest absolute Gasteiger partial charge is 0.280 e. The minimum atomic E-state index is -0.596. The van der Waals surface area contributed by atoms with E-state index in [4.69, 9.17) is 23.1 Å². The van der Waals surface area contributed by atoms with Crippen molar-refractivity contribution in [2.24, 2.45) is 10.7 Å². The zero-order valence-corrected chi connectivity index (χ0v) is 21.0. The first-order valence-electron chi connectivity index (χ1n) is 11.6. The van der Waals surface area contributed by atoms with Crippen LogP contribution in [0, 0.1) is 6.92 Å². The van der Waals surface area contributed by atoms with E-state index in [1.165, 1.54) is 31.2 Å². The minimum absolute atomic E-state index is 0.0254. The summed E-state index contributed by atoms with van der Waals surface area (Å²) in [6.07, 6.45) is 6.92. The Hall–Kier alpha value is -2.87. The molecule has 0 atom stereocenters. The van der Waals surface area contributed by atoms with E-state index in [9.17, 15) is 4.79 Å². The van der Waals surface area contributed by atoms with Crippen LogP contribution in [0.4, 0.5) is 11.6 Å². The number of nitrogens with one attached hydrogen (secondary N) is 2. The number of carbonyl (C=O) groups excluding carboxylic acids is 1. The number of amides is 1. The second-order valence-electron chi connectivity index (χ2n) is 7.42. The van der Waals surface area contributed by atoms with Gasteiger partial charge in [-0.05, 0) is 18.9 Å². The number of benzene rings is 1. The Morgan fingerprint density at radius 2 is 1.70 bits per heavy atom. The number of anilines is 2. The summed E-state index contributed by atoms with van der Waals surface area (Å²) in [6.45, 7) is 9.27. The molecule has 0 aliphatic heterocycles. The van der Waals surface area contributed by atoms with Gasteiger partial charge in [-0.2, -0.15) is 0 Å². The van der Waals surface area contributed by atoms with E-state index in [0.29, 0.717) is 18.9 Å². The van der Waals surface area contributed by atoms with Gasteiger partial charge in [-0.1, -0.05) is 94.3 Å². The van der Waals surface area contributed by atoms with Gasteiger partial charge >= 0.3 is 0 Å². The van der Waals surface area contributed by atoms with Crippen LogP contribution < -0.4 is 22.1 Å². The lowest BCUT2D eigenvalue weighted by atomic mass is 10.1. The number of hydrogen-bond acceptors (Lipinski definition) is 6. The largest absolute Gasteiger partial charge is 0.382 e. The van der Waals surface area contributed by atoms with Crippen molar-refractivity contribution in [1.82, 2.24) is 15.3 Å². The molecule has 182 valence electrons. The fraction of sp³-hybridized carbons (Fsp3) is 0.500. The van der Waals surface area contributed by atoms with E-state index in [1.807, 2.05) is 45.0 Å². The zero-order chi connectivity index (χ0) is 24.6. The van der Waals surface area contributed by atoms with Crippen molar-refractivity contribution in [2.75, 3.05) is 17.6 Å². The first-order chi connectivity index (χ1) is 15.9. The summed E-state index contributed by atoms with van der Waals surface area (Å²) in [5.41, 5.74) is 13.9. The molecule has 0 unspecified atom stereocenters. The number of unbranched alkanes of at least 4 members (excludes halogenated alkanes) is 5. The Kier molecular flexibility index (Phi) is 13.5. The number of halogens is 1. The van der Waals surface area contributed by atoms with Gasteiger partial charge in [-0.25, -0.2) is 9.97 Å². The predicted molar refractivity (Wildman–Crippen MR) is 139 cm³/mol. The quantitative estimate of drug-likeness (QED) is 0.204. The third-order valence-corrected chi connectivity index (χ3v) is 4.97. The molecule has 0 bridgehead atoms. The molecule has 2 rings (SSSR count). The summed E-state index contributed by atoms with van der Waals surface area (Å²) >= 11 is 6.19. The number of hydrogen-bond donors (Lipinski definition) is 4. The third kappa shape index (κ3) is 10.5. The normalized spacial score (nSPS) is 10.9. The van der Waals surface area contributed by atoms with E-state index >= 15 is 0 Å². The highest BCUT2D eigenvalue weighted by Crippen LogP contribution is 2.21. The molecule has 6 N–H and O–H groups in total. The van der Waals surface area contributed by atoms with Gasteiger partial charge in [-0.3, -0.25) is 15.1 Å². The SMILES string of the molecule is CC.CCCCCCCCN=C(N)NC(=O)c1nc(Cl)c(NCc2ccc(C)cc2)nc1N. The van der Waals surface area contributed by atoms with Crippen LogP contribution in [0.2, 0.25) is 5.15 Å². The zero-order valence-electron chi connectivity index (χ0n) is 20.2.